The molecule has 108 valence electrons. The second-order valence-electron chi connectivity index (χ2n) is 6.00. The molecule has 0 aliphatic carbocycles. The third-order valence-electron chi connectivity index (χ3n) is 4.64. The standard InChI is InChI=1S/C14H24N2O3/c1-3-5-14(6-7-15-9-14)13(19)16-8-4-10(2)11(16)12(17)18/h10-11,15H,3-9H2,1-2H3,(H,17,18). The fourth-order valence-electron chi connectivity index (χ4n) is 3.58. The number of amides is 1. The number of nitrogens with one attached hydrogen (secondary N) is 1. The highest BCUT2D eigenvalue weighted by Crippen LogP contribution is 2.37. The lowest BCUT2D eigenvalue weighted by atomic mass is 9.80. The quantitative estimate of drug-likeness (QED) is 0.800. The number of rotatable bonds is 4. The Morgan fingerprint density at radius 2 is 2.21 bits per heavy atom. The van der Waals surface area contributed by atoms with E-state index in [1.807, 2.05) is 6.92 Å². The van der Waals surface area contributed by atoms with Gasteiger partial charge < -0.3 is 15.3 Å². The van der Waals surface area contributed by atoms with E-state index in [-0.39, 0.29) is 17.2 Å². The molecule has 0 aromatic carbocycles. The molecule has 0 aromatic rings. The number of hydrogen-bond donors (Lipinski definition) is 2. The van der Waals surface area contributed by atoms with Crippen molar-refractivity contribution in [2.24, 2.45) is 11.3 Å². The molecule has 2 aliphatic heterocycles. The van der Waals surface area contributed by atoms with Crippen LogP contribution in [0.15, 0.2) is 0 Å². The topological polar surface area (TPSA) is 69.6 Å². The summed E-state index contributed by atoms with van der Waals surface area (Å²) < 4.78 is 0. The summed E-state index contributed by atoms with van der Waals surface area (Å²) >= 11 is 0. The van der Waals surface area contributed by atoms with Crippen molar-refractivity contribution >= 4 is 11.9 Å². The second kappa shape index (κ2) is 5.49. The van der Waals surface area contributed by atoms with E-state index in [0.29, 0.717) is 13.1 Å². The van der Waals surface area contributed by atoms with E-state index in [1.54, 1.807) is 4.90 Å². The summed E-state index contributed by atoms with van der Waals surface area (Å²) in [7, 11) is 0. The van der Waals surface area contributed by atoms with E-state index in [1.165, 1.54) is 0 Å². The number of hydrogen-bond acceptors (Lipinski definition) is 3. The Morgan fingerprint density at radius 1 is 1.47 bits per heavy atom. The summed E-state index contributed by atoms with van der Waals surface area (Å²) in [5.74, 6) is -0.762. The third kappa shape index (κ3) is 2.48. The largest absolute Gasteiger partial charge is 0.480 e. The van der Waals surface area contributed by atoms with Crippen molar-refractivity contribution in [3.8, 4) is 0 Å². The fourth-order valence-corrected chi connectivity index (χ4v) is 3.58. The van der Waals surface area contributed by atoms with E-state index < -0.39 is 12.0 Å². The van der Waals surface area contributed by atoms with Crippen LogP contribution in [0.25, 0.3) is 0 Å². The van der Waals surface area contributed by atoms with Gasteiger partial charge in [-0.3, -0.25) is 4.79 Å². The molecule has 2 heterocycles. The van der Waals surface area contributed by atoms with Gasteiger partial charge in [-0.05, 0) is 31.7 Å². The van der Waals surface area contributed by atoms with Gasteiger partial charge in [-0.15, -0.1) is 0 Å². The first-order chi connectivity index (χ1) is 9.02. The number of carbonyl (C=O) groups is 2. The number of nitrogens with zero attached hydrogens (tertiary/aromatic N) is 1. The van der Waals surface area contributed by atoms with Crippen LogP contribution in [0.3, 0.4) is 0 Å². The molecule has 1 amide bonds. The molecule has 0 aromatic heterocycles. The summed E-state index contributed by atoms with van der Waals surface area (Å²) in [6.45, 7) is 6.13. The van der Waals surface area contributed by atoms with Crippen molar-refractivity contribution in [3.05, 3.63) is 0 Å². The first-order valence-corrected chi connectivity index (χ1v) is 7.26. The average Bonchev–Trinajstić information content (AvgIpc) is 2.96. The Hall–Kier alpha value is -1.10. The Kier molecular flexibility index (Phi) is 4.13. The maximum absolute atomic E-state index is 12.8. The summed E-state index contributed by atoms with van der Waals surface area (Å²) in [4.78, 5) is 25.9. The zero-order chi connectivity index (χ0) is 14.0. The van der Waals surface area contributed by atoms with Gasteiger partial charge in [-0.1, -0.05) is 20.3 Å². The number of aliphatic carboxylic acids is 1. The molecule has 0 spiro atoms. The van der Waals surface area contributed by atoms with Gasteiger partial charge in [0.25, 0.3) is 0 Å². The zero-order valence-corrected chi connectivity index (χ0v) is 11.8. The van der Waals surface area contributed by atoms with Crippen molar-refractivity contribution in [2.45, 2.75) is 45.6 Å². The van der Waals surface area contributed by atoms with Crippen molar-refractivity contribution < 1.29 is 14.7 Å². The van der Waals surface area contributed by atoms with Crippen LogP contribution in [-0.2, 0) is 9.59 Å². The van der Waals surface area contributed by atoms with Crippen LogP contribution >= 0.6 is 0 Å². The average molecular weight is 268 g/mol. The van der Waals surface area contributed by atoms with Gasteiger partial charge in [0.2, 0.25) is 5.91 Å². The van der Waals surface area contributed by atoms with Crippen LogP contribution in [0.5, 0.6) is 0 Å². The smallest absolute Gasteiger partial charge is 0.326 e. The Balaban J connectivity index is 2.20. The summed E-state index contributed by atoms with van der Waals surface area (Å²) in [5, 5.41) is 12.6. The number of likely N-dealkylation sites (tertiary alicyclic amines) is 1. The van der Waals surface area contributed by atoms with Crippen LogP contribution in [0.1, 0.15) is 39.5 Å². The normalized spacial score (nSPS) is 34.7. The first-order valence-electron chi connectivity index (χ1n) is 7.26. The molecule has 0 saturated carbocycles. The third-order valence-corrected chi connectivity index (χ3v) is 4.64. The molecule has 2 fully saturated rings. The van der Waals surface area contributed by atoms with Crippen molar-refractivity contribution in [1.29, 1.82) is 0 Å². The molecule has 2 rings (SSSR count). The monoisotopic (exact) mass is 268 g/mol. The van der Waals surface area contributed by atoms with Crippen LogP contribution in [-0.4, -0.2) is 47.6 Å². The summed E-state index contributed by atoms with van der Waals surface area (Å²) in [6, 6.07) is -0.637. The van der Waals surface area contributed by atoms with E-state index in [9.17, 15) is 14.7 Å². The highest BCUT2D eigenvalue weighted by molar-refractivity contribution is 5.88. The lowest BCUT2D eigenvalue weighted by molar-refractivity contribution is -0.154. The van der Waals surface area contributed by atoms with Gasteiger partial charge in [0.15, 0.2) is 0 Å². The van der Waals surface area contributed by atoms with Crippen LogP contribution in [0, 0.1) is 11.3 Å². The molecule has 5 nitrogen and oxygen atoms in total. The molecule has 0 radical (unpaired) electrons. The van der Waals surface area contributed by atoms with Crippen LogP contribution < -0.4 is 5.32 Å². The molecule has 2 aliphatic rings. The molecule has 2 N–H and O–H groups in total. The second-order valence-corrected chi connectivity index (χ2v) is 6.00. The minimum Gasteiger partial charge on any atom is -0.480 e. The van der Waals surface area contributed by atoms with Crippen LogP contribution in [0.2, 0.25) is 0 Å². The Bertz CT molecular complexity index is 364. The molecule has 2 saturated heterocycles. The van der Waals surface area contributed by atoms with Gasteiger partial charge in [-0.25, -0.2) is 4.79 Å². The molecular formula is C14H24N2O3. The Morgan fingerprint density at radius 3 is 2.74 bits per heavy atom. The lowest BCUT2D eigenvalue weighted by Gasteiger charge is -2.34. The van der Waals surface area contributed by atoms with E-state index in [2.05, 4.69) is 12.2 Å². The van der Waals surface area contributed by atoms with E-state index in [0.717, 1.165) is 32.2 Å². The molecule has 3 atom stereocenters. The van der Waals surface area contributed by atoms with Gasteiger partial charge in [0.1, 0.15) is 6.04 Å². The van der Waals surface area contributed by atoms with Gasteiger partial charge in [0, 0.05) is 13.1 Å². The molecular weight excluding hydrogens is 244 g/mol. The van der Waals surface area contributed by atoms with Crippen molar-refractivity contribution in [1.82, 2.24) is 10.2 Å². The minimum atomic E-state index is -0.865. The molecule has 5 heteroatoms. The highest BCUT2D eigenvalue weighted by Gasteiger charge is 2.48. The van der Waals surface area contributed by atoms with E-state index in [4.69, 9.17) is 0 Å². The highest BCUT2D eigenvalue weighted by atomic mass is 16.4. The maximum atomic E-state index is 12.8. The predicted octanol–water partition coefficient (Wildman–Crippen LogP) is 1.09. The van der Waals surface area contributed by atoms with Gasteiger partial charge in [-0.2, -0.15) is 0 Å². The molecule has 3 unspecified atom stereocenters. The van der Waals surface area contributed by atoms with Crippen molar-refractivity contribution in [3.63, 3.8) is 0 Å². The summed E-state index contributed by atoms with van der Waals surface area (Å²) in [5.41, 5.74) is -0.369. The molecule has 0 bridgehead atoms. The first kappa shape index (κ1) is 14.3. The zero-order valence-electron chi connectivity index (χ0n) is 11.8. The van der Waals surface area contributed by atoms with Gasteiger partial charge >= 0.3 is 5.97 Å². The lowest BCUT2D eigenvalue weighted by Crippen LogP contribution is -2.50. The van der Waals surface area contributed by atoms with Gasteiger partial charge in [0.05, 0.1) is 5.41 Å². The number of carbonyl (C=O) groups excluding carboxylic acids is 1. The number of carboxylic acids is 1. The van der Waals surface area contributed by atoms with Crippen molar-refractivity contribution in [2.75, 3.05) is 19.6 Å². The fraction of sp³-hybridized carbons (Fsp3) is 0.857. The predicted molar refractivity (Wildman–Crippen MR) is 71.7 cm³/mol. The summed E-state index contributed by atoms with van der Waals surface area (Å²) in [6.07, 6.45) is 3.42. The van der Waals surface area contributed by atoms with Crippen LogP contribution in [0.4, 0.5) is 0 Å². The number of carboxylic acid groups (broad SMARTS) is 1. The Labute approximate surface area is 114 Å². The maximum Gasteiger partial charge on any atom is 0.326 e. The molecule has 19 heavy (non-hydrogen) atoms. The SMILES string of the molecule is CCCC1(C(=O)N2CCC(C)C2C(=O)O)CCNC1. The minimum absolute atomic E-state index is 0.0505. The van der Waals surface area contributed by atoms with E-state index >= 15 is 0 Å².